The van der Waals surface area contributed by atoms with Crippen molar-refractivity contribution in [1.29, 1.82) is 0 Å². The zero-order chi connectivity index (χ0) is 16.9. The van der Waals surface area contributed by atoms with E-state index in [0.29, 0.717) is 5.75 Å². The van der Waals surface area contributed by atoms with Crippen LogP contribution >= 0.6 is 24.0 Å². The van der Waals surface area contributed by atoms with Crippen molar-refractivity contribution in [2.45, 2.75) is 11.9 Å². The van der Waals surface area contributed by atoms with Crippen LogP contribution in [-0.2, 0) is 11.9 Å². The van der Waals surface area contributed by atoms with E-state index in [9.17, 15) is 13.2 Å². The van der Waals surface area contributed by atoms with Crippen LogP contribution in [0, 0.1) is 0 Å². The number of halogens is 3. The summed E-state index contributed by atoms with van der Waals surface area (Å²) in [6.45, 7) is 0. The Morgan fingerprint density at radius 2 is 1.78 bits per heavy atom. The third kappa shape index (κ3) is 5.14. The molecule has 2 aromatic carbocycles. The van der Waals surface area contributed by atoms with Gasteiger partial charge in [0, 0.05) is 5.75 Å². The van der Waals surface area contributed by atoms with Gasteiger partial charge in [-0.15, -0.1) is 0 Å². The third-order valence-electron chi connectivity index (χ3n) is 3.00. The Balaban J connectivity index is 1.97. The van der Waals surface area contributed by atoms with E-state index in [1.54, 1.807) is 7.11 Å². The number of ether oxygens (including phenoxy) is 1. The summed E-state index contributed by atoms with van der Waals surface area (Å²) in [5.41, 5.74) is 0.240. The zero-order valence-electron chi connectivity index (χ0n) is 12.2. The number of hydrogen-bond donors (Lipinski definition) is 1. The lowest BCUT2D eigenvalue weighted by Crippen LogP contribution is -2.13. The molecule has 0 saturated carbocycles. The highest BCUT2D eigenvalue weighted by Gasteiger charge is 2.33. The van der Waals surface area contributed by atoms with Gasteiger partial charge in [0.1, 0.15) is 10.1 Å². The predicted molar refractivity (Wildman–Crippen MR) is 92.0 cm³/mol. The summed E-state index contributed by atoms with van der Waals surface area (Å²) in [5.74, 6) is 1.31. The van der Waals surface area contributed by atoms with Gasteiger partial charge < -0.3 is 10.1 Å². The average Bonchev–Trinajstić information content (AvgIpc) is 2.53. The van der Waals surface area contributed by atoms with Crippen molar-refractivity contribution in [3.05, 3.63) is 59.7 Å². The Hall–Kier alpha value is -1.73. The van der Waals surface area contributed by atoms with Crippen LogP contribution in [-0.4, -0.2) is 11.4 Å². The molecule has 1 N–H and O–H groups in total. The minimum atomic E-state index is -4.42. The van der Waals surface area contributed by atoms with Gasteiger partial charge in [-0.2, -0.15) is 13.2 Å². The molecule has 0 aliphatic rings. The summed E-state index contributed by atoms with van der Waals surface area (Å²) in [4.78, 5) is 0. The van der Waals surface area contributed by atoms with Crippen molar-refractivity contribution < 1.29 is 17.9 Å². The number of anilines is 1. The largest absolute Gasteiger partial charge is 0.497 e. The zero-order valence-corrected chi connectivity index (χ0v) is 13.8. The van der Waals surface area contributed by atoms with Gasteiger partial charge in [-0.1, -0.05) is 48.2 Å². The van der Waals surface area contributed by atoms with Crippen molar-refractivity contribution in [2.24, 2.45) is 0 Å². The highest BCUT2D eigenvalue weighted by atomic mass is 32.2. The first-order chi connectivity index (χ1) is 10.9. The Morgan fingerprint density at radius 1 is 1.13 bits per heavy atom. The van der Waals surface area contributed by atoms with Gasteiger partial charge in [0.05, 0.1) is 18.4 Å². The molecule has 23 heavy (non-hydrogen) atoms. The molecule has 2 aromatic rings. The summed E-state index contributed by atoms with van der Waals surface area (Å²) in [7, 11) is 1.58. The number of hydrogen-bond acceptors (Lipinski definition) is 3. The maximum Gasteiger partial charge on any atom is 0.418 e. The summed E-state index contributed by atoms with van der Waals surface area (Å²) >= 11 is 6.40. The van der Waals surface area contributed by atoms with Gasteiger partial charge in [0.25, 0.3) is 0 Å². The highest BCUT2D eigenvalue weighted by molar-refractivity contribution is 8.22. The molecule has 0 heterocycles. The lowest BCUT2D eigenvalue weighted by Gasteiger charge is -2.14. The second kappa shape index (κ2) is 7.70. The maximum atomic E-state index is 12.9. The van der Waals surface area contributed by atoms with Crippen LogP contribution in [0.2, 0.25) is 0 Å². The minimum Gasteiger partial charge on any atom is -0.497 e. The number of rotatable bonds is 4. The summed E-state index contributed by atoms with van der Waals surface area (Å²) in [6, 6.07) is 12.7. The Bertz CT molecular complexity index is 672. The fourth-order valence-electron chi connectivity index (χ4n) is 1.86. The average molecular weight is 357 g/mol. The van der Waals surface area contributed by atoms with Gasteiger partial charge in [-0.25, -0.2) is 0 Å². The molecule has 0 fully saturated rings. The molecule has 0 aliphatic heterocycles. The molecule has 122 valence electrons. The van der Waals surface area contributed by atoms with Crippen LogP contribution in [0.1, 0.15) is 11.1 Å². The number of methoxy groups -OCH3 is 1. The van der Waals surface area contributed by atoms with E-state index in [1.807, 2.05) is 24.3 Å². The fraction of sp³-hybridized carbons (Fsp3) is 0.188. The molecule has 7 heteroatoms. The van der Waals surface area contributed by atoms with Gasteiger partial charge in [0.15, 0.2) is 0 Å². The molecule has 0 unspecified atom stereocenters. The monoisotopic (exact) mass is 357 g/mol. The maximum absolute atomic E-state index is 12.9. The van der Waals surface area contributed by atoms with E-state index < -0.39 is 11.7 Å². The van der Waals surface area contributed by atoms with Crippen molar-refractivity contribution in [2.75, 3.05) is 12.4 Å². The molecule has 0 radical (unpaired) electrons. The topological polar surface area (TPSA) is 21.3 Å². The van der Waals surface area contributed by atoms with Crippen LogP contribution in [0.3, 0.4) is 0 Å². The SMILES string of the molecule is COc1ccc(CSC(=S)Nc2ccccc2C(F)(F)F)cc1. The minimum absolute atomic E-state index is 0.0350. The van der Waals surface area contributed by atoms with E-state index in [4.69, 9.17) is 17.0 Å². The van der Waals surface area contributed by atoms with Gasteiger partial charge in [0.2, 0.25) is 0 Å². The normalized spacial score (nSPS) is 11.1. The van der Waals surface area contributed by atoms with Crippen molar-refractivity contribution in [1.82, 2.24) is 0 Å². The van der Waals surface area contributed by atoms with Crippen molar-refractivity contribution in [3.63, 3.8) is 0 Å². The van der Waals surface area contributed by atoms with E-state index in [1.165, 1.54) is 30.0 Å². The highest BCUT2D eigenvalue weighted by Crippen LogP contribution is 2.35. The third-order valence-corrected chi connectivity index (χ3v) is 4.30. The number of para-hydroxylation sites is 1. The molecule has 0 atom stereocenters. The van der Waals surface area contributed by atoms with Crippen molar-refractivity contribution in [3.8, 4) is 5.75 Å². The van der Waals surface area contributed by atoms with E-state index in [0.717, 1.165) is 17.4 Å². The van der Waals surface area contributed by atoms with E-state index >= 15 is 0 Å². The van der Waals surface area contributed by atoms with Crippen LogP contribution in [0.25, 0.3) is 0 Å². The molecular weight excluding hydrogens is 343 g/mol. The van der Waals surface area contributed by atoms with Gasteiger partial charge in [-0.3, -0.25) is 0 Å². The fourth-order valence-corrected chi connectivity index (χ4v) is 2.82. The number of thiocarbonyl (C=S) groups is 1. The molecule has 0 aliphatic carbocycles. The summed E-state index contributed by atoms with van der Waals surface area (Å²) in [6.07, 6.45) is -4.42. The summed E-state index contributed by atoms with van der Waals surface area (Å²) < 4.78 is 44.1. The molecule has 0 amide bonds. The molecular formula is C16H14F3NOS2. The smallest absolute Gasteiger partial charge is 0.418 e. The predicted octanol–water partition coefficient (Wildman–Crippen LogP) is 5.34. The number of benzene rings is 2. The second-order valence-corrected chi connectivity index (χ2v) is 6.24. The first-order valence-electron chi connectivity index (χ1n) is 6.63. The van der Waals surface area contributed by atoms with E-state index in [2.05, 4.69) is 5.32 Å². The molecule has 2 nitrogen and oxygen atoms in total. The quantitative estimate of drug-likeness (QED) is 0.745. The van der Waals surface area contributed by atoms with E-state index in [-0.39, 0.29) is 10.0 Å². The van der Waals surface area contributed by atoms with Gasteiger partial charge >= 0.3 is 6.18 Å². The first kappa shape index (κ1) is 17.6. The summed E-state index contributed by atoms with van der Waals surface area (Å²) in [5, 5.41) is 2.66. The standard InChI is InChI=1S/C16H14F3NOS2/c1-21-12-8-6-11(7-9-12)10-23-15(22)20-14-5-3-2-4-13(14)16(17,18)19/h2-9H,10H2,1H3,(H,20,22). The van der Waals surface area contributed by atoms with Crippen molar-refractivity contribution >= 4 is 34.0 Å². The number of nitrogens with one attached hydrogen (secondary N) is 1. The Morgan fingerprint density at radius 3 is 2.39 bits per heavy atom. The lowest BCUT2D eigenvalue weighted by molar-refractivity contribution is -0.136. The van der Waals surface area contributed by atoms with Crippen LogP contribution in [0.4, 0.5) is 18.9 Å². The molecule has 2 rings (SSSR count). The number of thioether (sulfide) groups is 1. The molecule has 0 bridgehead atoms. The number of alkyl halides is 3. The second-order valence-electron chi connectivity index (χ2n) is 4.59. The lowest BCUT2D eigenvalue weighted by atomic mass is 10.2. The Labute approximate surface area is 142 Å². The Kier molecular flexibility index (Phi) is 5.90. The van der Waals surface area contributed by atoms with Crippen LogP contribution < -0.4 is 10.1 Å². The first-order valence-corrected chi connectivity index (χ1v) is 8.02. The molecule has 0 saturated heterocycles. The molecule has 0 spiro atoms. The van der Waals surface area contributed by atoms with Crippen LogP contribution in [0.15, 0.2) is 48.5 Å². The molecule has 0 aromatic heterocycles. The van der Waals surface area contributed by atoms with Crippen LogP contribution in [0.5, 0.6) is 5.75 Å². The van der Waals surface area contributed by atoms with Gasteiger partial charge in [-0.05, 0) is 29.8 Å².